The predicted octanol–water partition coefficient (Wildman–Crippen LogP) is 15.5. The molecule has 0 unspecified atom stereocenters. The molecule has 0 aliphatic heterocycles. The first-order valence-corrected chi connectivity index (χ1v) is 28.1. The molecule has 10 rings (SSSR count). The van der Waals surface area contributed by atoms with Gasteiger partial charge in [0, 0.05) is 82.3 Å². The zero-order valence-electron chi connectivity index (χ0n) is 52.1. The second-order valence-electron chi connectivity index (χ2n) is 22.1. The van der Waals surface area contributed by atoms with E-state index in [1.807, 2.05) is 0 Å². The average Bonchev–Trinajstić information content (AvgIpc) is 3.42. The van der Waals surface area contributed by atoms with Gasteiger partial charge in [0.05, 0.1) is 11.1 Å². The van der Waals surface area contributed by atoms with Crippen LogP contribution in [0.25, 0.3) is 56.3 Å². The van der Waals surface area contributed by atoms with Crippen molar-refractivity contribution in [1.82, 2.24) is 0 Å². The van der Waals surface area contributed by atoms with Crippen LogP contribution in [-0.2, 0) is 35.2 Å². The van der Waals surface area contributed by atoms with Crippen molar-refractivity contribution in [2.45, 2.75) is 104 Å². The summed E-state index contributed by atoms with van der Waals surface area (Å²) in [6, 6.07) is 56.1. The molecule has 0 saturated carbocycles. The molecule has 5 aromatic carbocycles. The summed E-state index contributed by atoms with van der Waals surface area (Å²) in [7, 11) is 10.5. The number of pyridine rings is 5. The van der Waals surface area contributed by atoms with E-state index >= 15 is 0 Å². The van der Waals surface area contributed by atoms with Crippen molar-refractivity contribution >= 4 is 0 Å². The summed E-state index contributed by atoms with van der Waals surface area (Å²) in [4.78, 5) is 0. The molecule has 0 amide bonds. The van der Waals surface area contributed by atoms with Gasteiger partial charge in [-0.15, -0.1) is 0 Å². The van der Waals surface area contributed by atoms with E-state index in [2.05, 4.69) is 344 Å². The van der Waals surface area contributed by atoms with Crippen molar-refractivity contribution in [1.29, 1.82) is 0 Å². The zero-order valence-corrected chi connectivity index (χ0v) is 52.1. The summed E-state index contributed by atoms with van der Waals surface area (Å²) in [6.45, 7) is 32.5. The Bertz CT molecular complexity index is 3320. The number of benzene rings is 5. The number of nitrogens with zero attached hydrogens (tertiary/aromatic N) is 5. The molecular formula is C75H90N5+5. The van der Waals surface area contributed by atoms with E-state index in [-0.39, 0.29) is 0 Å². The van der Waals surface area contributed by atoms with Crippen LogP contribution in [0, 0.1) is 104 Å². The normalized spacial score (nSPS) is 10.5. The van der Waals surface area contributed by atoms with Gasteiger partial charge in [0.1, 0.15) is 35.2 Å². The van der Waals surface area contributed by atoms with Gasteiger partial charge in [-0.3, -0.25) is 0 Å². The quantitative estimate of drug-likeness (QED) is 0.153. The van der Waals surface area contributed by atoms with Crippen LogP contribution in [0.4, 0.5) is 0 Å². The van der Waals surface area contributed by atoms with Crippen molar-refractivity contribution in [3.63, 3.8) is 0 Å². The number of rotatable bonds is 5. The highest BCUT2D eigenvalue weighted by Gasteiger charge is 2.20. The van der Waals surface area contributed by atoms with Gasteiger partial charge < -0.3 is 0 Å². The lowest BCUT2D eigenvalue weighted by molar-refractivity contribution is -0.666. The van der Waals surface area contributed by atoms with Crippen LogP contribution in [0.1, 0.15) is 83.6 Å². The topological polar surface area (TPSA) is 19.4 Å². The van der Waals surface area contributed by atoms with Crippen LogP contribution in [-0.4, -0.2) is 0 Å². The second kappa shape index (κ2) is 27.6. The van der Waals surface area contributed by atoms with Crippen LogP contribution in [0.15, 0.2) is 183 Å². The molecule has 0 N–H and O–H groups in total. The molecule has 10 aromatic rings. The minimum absolute atomic E-state index is 1.28. The van der Waals surface area contributed by atoms with E-state index < -0.39 is 0 Å². The van der Waals surface area contributed by atoms with Crippen LogP contribution >= 0.6 is 0 Å². The fourth-order valence-corrected chi connectivity index (χ4v) is 10.9. The molecule has 5 nitrogen and oxygen atoms in total. The minimum Gasteiger partial charge on any atom is -0.201 e. The van der Waals surface area contributed by atoms with Crippen molar-refractivity contribution in [3.05, 3.63) is 266 Å². The van der Waals surface area contributed by atoms with E-state index in [1.165, 1.54) is 140 Å². The van der Waals surface area contributed by atoms with Crippen molar-refractivity contribution in [2.75, 3.05) is 0 Å². The summed E-state index contributed by atoms with van der Waals surface area (Å²) in [6.07, 6.45) is 8.41. The molecule has 5 aromatic heterocycles. The first kappa shape index (κ1) is 61.1. The Morgan fingerprint density at radius 3 is 0.925 bits per heavy atom. The number of hydrogen-bond acceptors (Lipinski definition) is 0. The van der Waals surface area contributed by atoms with E-state index in [4.69, 9.17) is 0 Å². The molecule has 0 radical (unpaired) electrons. The van der Waals surface area contributed by atoms with Crippen molar-refractivity contribution in [2.24, 2.45) is 35.2 Å². The Labute approximate surface area is 481 Å². The Morgan fingerprint density at radius 2 is 0.562 bits per heavy atom. The lowest BCUT2D eigenvalue weighted by atomic mass is 9.97. The van der Waals surface area contributed by atoms with E-state index in [0.717, 1.165) is 0 Å². The van der Waals surface area contributed by atoms with Crippen LogP contribution in [0.2, 0.25) is 0 Å². The third kappa shape index (κ3) is 14.7. The third-order valence-electron chi connectivity index (χ3n) is 15.6. The highest BCUT2D eigenvalue weighted by atomic mass is 14.9. The van der Waals surface area contributed by atoms with Gasteiger partial charge in [0.15, 0.2) is 30.5 Å². The smallest absolute Gasteiger partial charge is 0.201 e. The van der Waals surface area contributed by atoms with Crippen LogP contribution < -0.4 is 22.8 Å². The summed E-state index contributed by atoms with van der Waals surface area (Å²) >= 11 is 0. The maximum absolute atomic E-state index is 2.26. The number of hydrogen-bond donors (Lipinski definition) is 0. The fourth-order valence-electron chi connectivity index (χ4n) is 10.9. The summed E-state index contributed by atoms with van der Waals surface area (Å²) in [5, 5.41) is 0. The first-order valence-electron chi connectivity index (χ1n) is 28.1. The lowest BCUT2D eigenvalue weighted by Crippen LogP contribution is -2.34. The molecule has 0 saturated heterocycles. The molecule has 410 valence electrons. The number of aromatic nitrogens is 5. The molecule has 0 atom stereocenters. The molecule has 0 fully saturated rings. The van der Waals surface area contributed by atoms with Crippen LogP contribution in [0.5, 0.6) is 0 Å². The maximum Gasteiger partial charge on any atom is 0.215 e. The van der Waals surface area contributed by atoms with Gasteiger partial charge in [-0.25, -0.2) is 18.3 Å². The van der Waals surface area contributed by atoms with Gasteiger partial charge in [0.2, 0.25) is 28.5 Å². The molecule has 0 aliphatic carbocycles. The predicted molar refractivity (Wildman–Crippen MR) is 336 cm³/mol. The van der Waals surface area contributed by atoms with Gasteiger partial charge in [-0.1, -0.05) is 83.9 Å². The van der Waals surface area contributed by atoms with Gasteiger partial charge in [-0.2, -0.15) is 4.57 Å². The van der Waals surface area contributed by atoms with Gasteiger partial charge >= 0.3 is 0 Å². The molecule has 0 spiro atoms. The summed E-state index contributed by atoms with van der Waals surface area (Å²) in [5.74, 6) is 0. The van der Waals surface area contributed by atoms with E-state index in [9.17, 15) is 0 Å². The summed E-state index contributed by atoms with van der Waals surface area (Å²) in [5.41, 5.74) is 33.1. The third-order valence-corrected chi connectivity index (χ3v) is 15.6. The highest BCUT2D eigenvalue weighted by Crippen LogP contribution is 2.29. The SMILES string of the molecule is Cc1ccc(C)c(-c2c(C)ccc[n+]2C)c1.Cc1ccc(C)c(-c2c(C)ccc[n+]2C)c1.Cc1cccc(-c2cccc(C)[n+]2C)c1C.Cc1cccc(C)c1-c1c(C)ccc[n+]1C.Cc1cccc(C)c1-c1c(C)ccc[n+]1C. The highest BCUT2D eigenvalue weighted by molar-refractivity contribution is 5.70. The molecule has 5 heteroatoms. The fraction of sp³-hybridized carbons (Fsp3) is 0.267. The van der Waals surface area contributed by atoms with Gasteiger partial charge in [0.25, 0.3) is 0 Å². The van der Waals surface area contributed by atoms with E-state index in [0.29, 0.717) is 0 Å². The van der Waals surface area contributed by atoms with E-state index in [1.54, 1.807) is 0 Å². The molecule has 80 heavy (non-hydrogen) atoms. The molecule has 5 heterocycles. The van der Waals surface area contributed by atoms with Gasteiger partial charge in [-0.05, 0) is 190 Å². The van der Waals surface area contributed by atoms with Crippen molar-refractivity contribution in [3.8, 4) is 56.3 Å². The largest absolute Gasteiger partial charge is 0.215 e. The average molecular weight is 1060 g/mol. The second-order valence-corrected chi connectivity index (χ2v) is 22.1. The molecule has 0 bridgehead atoms. The standard InChI is InChI=1S/5C15H18N/c1-11-7-5-9-14(13(11)3)15-10-6-8-12(2)16(15)4;2*1-11-7-5-8-12(2)14(11)15-13(3)9-6-10-16(15)4;2*1-11-7-8-12(2)14(10-11)15-13(3)6-5-9-16(15)4/h5*5-10H,1-4H3/q5*+1. The first-order chi connectivity index (χ1) is 38.0. The Hall–Kier alpha value is -8.15. The maximum atomic E-state index is 2.26. The number of aryl methyl sites for hydroxylation is 18. The Kier molecular flexibility index (Phi) is 21.1. The lowest BCUT2D eigenvalue weighted by Gasteiger charge is -2.09. The minimum atomic E-state index is 1.28. The zero-order chi connectivity index (χ0) is 58.5. The summed E-state index contributed by atoms with van der Waals surface area (Å²) < 4.78 is 11.0. The Morgan fingerprint density at radius 1 is 0.250 bits per heavy atom. The molecule has 0 aliphatic rings. The molecular weight excluding hydrogens is 971 g/mol. The monoisotopic (exact) mass is 1060 g/mol. The van der Waals surface area contributed by atoms with Crippen molar-refractivity contribution < 1.29 is 22.8 Å². The van der Waals surface area contributed by atoms with Crippen LogP contribution in [0.3, 0.4) is 0 Å². The Balaban J connectivity index is 0.000000161.